The lowest BCUT2D eigenvalue weighted by Crippen LogP contribution is -2.25. The van der Waals surface area contributed by atoms with Crippen molar-refractivity contribution >= 4 is 21.9 Å². The lowest BCUT2D eigenvalue weighted by molar-refractivity contribution is 0.237. The highest BCUT2D eigenvalue weighted by Gasteiger charge is 2.17. The third kappa shape index (κ3) is 4.62. The van der Waals surface area contributed by atoms with Crippen LogP contribution in [-0.2, 0) is 0 Å². The zero-order valence-electron chi connectivity index (χ0n) is 21.6. The van der Waals surface area contributed by atoms with Crippen molar-refractivity contribution in [3.63, 3.8) is 0 Å². The Kier molecular flexibility index (Phi) is 6.09. The molecule has 1 aliphatic heterocycles. The van der Waals surface area contributed by atoms with Crippen LogP contribution in [-0.4, -0.2) is 66.4 Å². The van der Waals surface area contributed by atoms with Crippen molar-refractivity contribution in [2.75, 3.05) is 26.2 Å². The molecule has 7 rings (SSSR count). The summed E-state index contributed by atoms with van der Waals surface area (Å²) in [6.07, 6.45) is 7.71. The van der Waals surface area contributed by atoms with Crippen molar-refractivity contribution in [2.45, 2.75) is 12.8 Å². The Morgan fingerprint density at radius 1 is 0.925 bits per heavy atom. The van der Waals surface area contributed by atoms with E-state index in [1.807, 2.05) is 24.4 Å². The van der Waals surface area contributed by atoms with Gasteiger partial charge in [-0.1, -0.05) is 6.07 Å². The summed E-state index contributed by atoms with van der Waals surface area (Å²) in [5.74, 6) is 0.562. The van der Waals surface area contributed by atoms with Crippen LogP contribution in [0.1, 0.15) is 12.8 Å². The maximum Gasteiger partial charge on any atom is 0.159 e. The van der Waals surface area contributed by atoms with E-state index in [0.29, 0.717) is 34.9 Å². The molecule has 0 amide bonds. The van der Waals surface area contributed by atoms with Crippen LogP contribution in [0.15, 0.2) is 67.1 Å². The predicted molar refractivity (Wildman–Crippen MR) is 150 cm³/mol. The van der Waals surface area contributed by atoms with E-state index in [0.717, 1.165) is 59.0 Å². The highest BCUT2D eigenvalue weighted by Crippen LogP contribution is 2.33. The first-order valence-electron chi connectivity index (χ1n) is 13.2. The second kappa shape index (κ2) is 10.0. The molecule has 9 nitrogen and oxygen atoms in total. The average Bonchev–Trinajstić information content (AvgIpc) is 3.71. The third-order valence-corrected chi connectivity index (χ3v) is 7.27. The molecule has 3 N–H and O–H groups in total. The molecule has 1 aliphatic rings. The van der Waals surface area contributed by atoms with Gasteiger partial charge in [-0.15, -0.1) is 0 Å². The minimum absolute atomic E-state index is 0.175. The molecule has 0 bridgehead atoms. The van der Waals surface area contributed by atoms with Crippen LogP contribution in [0.3, 0.4) is 0 Å². The van der Waals surface area contributed by atoms with Crippen LogP contribution < -0.4 is 4.74 Å². The molecule has 0 atom stereocenters. The van der Waals surface area contributed by atoms with Crippen LogP contribution in [0.4, 0.5) is 4.39 Å². The molecule has 200 valence electrons. The Labute approximate surface area is 228 Å². The predicted octanol–water partition coefficient (Wildman–Crippen LogP) is 5.55. The number of benzene rings is 2. The number of aromatic nitrogens is 6. The quantitative estimate of drug-likeness (QED) is 0.245. The second-order valence-corrected chi connectivity index (χ2v) is 9.98. The van der Waals surface area contributed by atoms with E-state index in [2.05, 4.69) is 36.1 Å². The van der Waals surface area contributed by atoms with Gasteiger partial charge >= 0.3 is 0 Å². The average molecular weight is 536 g/mol. The van der Waals surface area contributed by atoms with Gasteiger partial charge in [-0.3, -0.25) is 20.0 Å². The van der Waals surface area contributed by atoms with Crippen LogP contribution in [0, 0.1) is 5.82 Å². The number of nitrogens with zero attached hydrogens (tertiary/aromatic N) is 5. The minimum Gasteiger partial charge on any atom is -0.508 e. The van der Waals surface area contributed by atoms with Crippen molar-refractivity contribution < 1.29 is 14.2 Å². The lowest BCUT2D eigenvalue weighted by atomic mass is 10.0. The van der Waals surface area contributed by atoms with E-state index in [1.54, 1.807) is 18.5 Å². The first kappa shape index (κ1) is 24.2. The standard InChI is InChI=1S/C30H26FN7O2/c31-21-11-19(12-22(39)15-21)27-29-26(5-6-33-27)34-30(35-29)28-24-14-18(3-4-25(24)36-37-28)20-13-23(17-32-16-20)40-10-9-38-7-1-2-8-38/h3-6,11-17,39H,1-2,7-10H2,(H,34,35)(H,36,37). The number of nitrogens with one attached hydrogen (secondary N) is 2. The number of aromatic hydroxyl groups is 1. The molecule has 0 saturated carbocycles. The van der Waals surface area contributed by atoms with E-state index < -0.39 is 5.82 Å². The Hall–Kier alpha value is -4.83. The summed E-state index contributed by atoms with van der Waals surface area (Å²) in [5.41, 5.74) is 5.59. The number of hydrogen-bond donors (Lipinski definition) is 3. The number of ether oxygens (including phenoxy) is 1. The summed E-state index contributed by atoms with van der Waals surface area (Å²) in [4.78, 5) is 19.3. The van der Waals surface area contributed by atoms with Gasteiger partial charge < -0.3 is 14.8 Å². The van der Waals surface area contributed by atoms with E-state index in [1.165, 1.54) is 25.0 Å². The van der Waals surface area contributed by atoms with E-state index in [4.69, 9.17) is 9.72 Å². The Morgan fingerprint density at radius 3 is 2.70 bits per heavy atom. The number of phenolic OH excluding ortho intramolecular Hbond substituents is 1. The number of fused-ring (bicyclic) bond motifs is 2. The molecular weight excluding hydrogens is 509 g/mol. The van der Waals surface area contributed by atoms with Gasteiger partial charge in [-0.2, -0.15) is 5.10 Å². The van der Waals surface area contributed by atoms with Crippen LogP contribution in [0.25, 0.3) is 55.8 Å². The number of imidazole rings is 1. The molecule has 0 aliphatic carbocycles. The fourth-order valence-corrected chi connectivity index (χ4v) is 5.30. The van der Waals surface area contributed by atoms with Crippen LogP contribution in [0.2, 0.25) is 0 Å². The number of likely N-dealkylation sites (tertiary alicyclic amines) is 1. The Balaban J connectivity index is 1.21. The summed E-state index contributed by atoms with van der Waals surface area (Å²) < 4.78 is 20.0. The van der Waals surface area contributed by atoms with Crippen LogP contribution in [0.5, 0.6) is 11.5 Å². The third-order valence-electron chi connectivity index (χ3n) is 7.27. The van der Waals surface area contributed by atoms with Gasteiger partial charge in [0.1, 0.15) is 35.1 Å². The summed E-state index contributed by atoms with van der Waals surface area (Å²) >= 11 is 0. The van der Waals surface area contributed by atoms with E-state index in [9.17, 15) is 9.50 Å². The van der Waals surface area contributed by atoms with Gasteiger partial charge in [0, 0.05) is 41.5 Å². The van der Waals surface area contributed by atoms with Crippen molar-refractivity contribution in [1.29, 1.82) is 0 Å². The maximum atomic E-state index is 14.0. The molecule has 5 heterocycles. The smallest absolute Gasteiger partial charge is 0.159 e. The lowest BCUT2D eigenvalue weighted by Gasteiger charge is -2.15. The van der Waals surface area contributed by atoms with Crippen molar-refractivity contribution in [2.24, 2.45) is 0 Å². The molecule has 1 saturated heterocycles. The number of pyridine rings is 2. The van der Waals surface area contributed by atoms with Gasteiger partial charge in [0.2, 0.25) is 0 Å². The van der Waals surface area contributed by atoms with Crippen LogP contribution >= 0.6 is 0 Å². The van der Waals surface area contributed by atoms with Gasteiger partial charge in [-0.25, -0.2) is 9.37 Å². The second-order valence-electron chi connectivity index (χ2n) is 9.98. The molecule has 4 aromatic heterocycles. The number of aromatic amines is 2. The molecule has 0 unspecified atom stereocenters. The summed E-state index contributed by atoms with van der Waals surface area (Å²) in [5, 5.41) is 18.4. The van der Waals surface area contributed by atoms with Crippen molar-refractivity contribution in [3.05, 3.63) is 72.9 Å². The van der Waals surface area contributed by atoms with Gasteiger partial charge in [0.25, 0.3) is 0 Å². The zero-order valence-corrected chi connectivity index (χ0v) is 21.6. The summed E-state index contributed by atoms with van der Waals surface area (Å²) in [6.45, 7) is 3.84. The number of hydrogen-bond acceptors (Lipinski definition) is 7. The van der Waals surface area contributed by atoms with Gasteiger partial charge in [0.15, 0.2) is 5.82 Å². The molecule has 0 spiro atoms. The SMILES string of the molecule is Oc1cc(F)cc(-c2nccc3[nH]c(-c4n[nH]c5ccc(-c6cncc(OCCN7CCCC7)c6)cc45)nc23)c1. The number of H-pyrrole nitrogens is 2. The number of halogens is 1. The van der Waals surface area contributed by atoms with Crippen molar-refractivity contribution in [1.82, 2.24) is 35.0 Å². The fourth-order valence-electron chi connectivity index (χ4n) is 5.30. The molecule has 0 radical (unpaired) electrons. The molecule has 10 heteroatoms. The first-order valence-corrected chi connectivity index (χ1v) is 13.2. The Bertz CT molecular complexity index is 1820. The molecule has 2 aromatic carbocycles. The zero-order chi connectivity index (χ0) is 27.1. The fraction of sp³-hybridized carbons (Fsp3) is 0.200. The van der Waals surface area contributed by atoms with E-state index >= 15 is 0 Å². The number of rotatable bonds is 7. The monoisotopic (exact) mass is 535 g/mol. The highest BCUT2D eigenvalue weighted by molar-refractivity contribution is 5.97. The van der Waals surface area contributed by atoms with Gasteiger partial charge in [-0.05, 0) is 67.9 Å². The van der Waals surface area contributed by atoms with Crippen molar-refractivity contribution in [3.8, 4) is 45.4 Å². The normalized spacial score (nSPS) is 13.9. The maximum absolute atomic E-state index is 14.0. The summed E-state index contributed by atoms with van der Waals surface area (Å²) in [7, 11) is 0. The Morgan fingerprint density at radius 2 is 1.82 bits per heavy atom. The minimum atomic E-state index is -0.550. The van der Waals surface area contributed by atoms with E-state index in [-0.39, 0.29) is 5.75 Å². The first-order chi connectivity index (χ1) is 19.6. The highest BCUT2D eigenvalue weighted by atomic mass is 19.1. The largest absolute Gasteiger partial charge is 0.508 e. The summed E-state index contributed by atoms with van der Waals surface area (Å²) in [6, 6.07) is 13.7. The number of phenols is 1. The molecular formula is C30H26FN7O2. The van der Waals surface area contributed by atoms with Gasteiger partial charge in [0.05, 0.1) is 22.9 Å². The molecule has 40 heavy (non-hydrogen) atoms. The molecule has 6 aromatic rings. The topological polar surface area (TPSA) is 116 Å². The molecule has 1 fully saturated rings.